The Morgan fingerprint density at radius 2 is 2.19 bits per heavy atom. The lowest BCUT2D eigenvalue weighted by atomic mass is 10.3. The van der Waals surface area contributed by atoms with Crippen molar-refractivity contribution in [2.24, 2.45) is 5.73 Å². The summed E-state index contributed by atoms with van der Waals surface area (Å²) in [5.74, 6) is 0. The molecule has 2 aromatic heterocycles. The van der Waals surface area contributed by atoms with Crippen molar-refractivity contribution in [1.82, 2.24) is 4.31 Å². The number of hydrogen-bond acceptors (Lipinski definition) is 5. The number of thiophene rings is 2. The molecule has 0 bridgehead atoms. The van der Waals surface area contributed by atoms with Crippen LogP contribution in [0.25, 0.3) is 0 Å². The summed E-state index contributed by atoms with van der Waals surface area (Å²) in [4.78, 5) is 2.17. The summed E-state index contributed by atoms with van der Waals surface area (Å²) in [7, 11) is -3.44. The van der Waals surface area contributed by atoms with Gasteiger partial charge in [-0.15, -0.1) is 11.3 Å². The van der Waals surface area contributed by atoms with E-state index in [1.54, 1.807) is 21.7 Å². The summed E-state index contributed by atoms with van der Waals surface area (Å²) in [6.45, 7) is 2.70. The van der Waals surface area contributed by atoms with Gasteiger partial charge in [-0.25, -0.2) is 8.42 Å². The topological polar surface area (TPSA) is 63.4 Å². The summed E-state index contributed by atoms with van der Waals surface area (Å²) in [5.41, 5.74) is 6.69. The van der Waals surface area contributed by atoms with Gasteiger partial charge in [-0.3, -0.25) is 0 Å². The van der Waals surface area contributed by atoms with Crippen molar-refractivity contribution in [2.75, 3.05) is 0 Å². The summed E-state index contributed by atoms with van der Waals surface area (Å²) in [6.07, 6.45) is 1.91. The van der Waals surface area contributed by atoms with E-state index in [1.807, 2.05) is 23.8 Å². The number of sulfonamides is 1. The smallest absolute Gasteiger partial charge is 0.244 e. The Kier molecular flexibility index (Phi) is 4.20. The van der Waals surface area contributed by atoms with Gasteiger partial charge in [0.25, 0.3) is 0 Å². The first-order chi connectivity index (χ1) is 10.0. The quantitative estimate of drug-likeness (QED) is 0.878. The number of hydrogen-bond donors (Lipinski definition) is 1. The van der Waals surface area contributed by atoms with Gasteiger partial charge in [-0.05, 0) is 48.2 Å². The average molecular weight is 343 g/mol. The zero-order valence-electron chi connectivity index (χ0n) is 11.8. The molecule has 1 aliphatic carbocycles. The van der Waals surface area contributed by atoms with Gasteiger partial charge in [0.05, 0.1) is 4.90 Å². The van der Waals surface area contributed by atoms with E-state index in [0.29, 0.717) is 18.0 Å². The minimum atomic E-state index is -3.44. The Labute approximate surface area is 133 Å². The SMILES string of the molecule is Cc1sc(CN)cc1S(=O)(=O)N(Cc1ccsc1)C1CC1. The Bertz CT molecular complexity index is 715. The van der Waals surface area contributed by atoms with E-state index in [2.05, 4.69) is 0 Å². The lowest BCUT2D eigenvalue weighted by molar-refractivity contribution is 0.399. The minimum Gasteiger partial charge on any atom is -0.326 e. The summed E-state index contributed by atoms with van der Waals surface area (Å²) >= 11 is 3.07. The second-order valence-electron chi connectivity index (χ2n) is 5.25. The van der Waals surface area contributed by atoms with Gasteiger partial charge in [0.1, 0.15) is 0 Å². The average Bonchev–Trinajstić information content (AvgIpc) is 2.99. The van der Waals surface area contributed by atoms with Crippen molar-refractivity contribution in [3.05, 3.63) is 38.2 Å². The molecule has 1 aliphatic rings. The van der Waals surface area contributed by atoms with Crippen molar-refractivity contribution in [2.45, 2.75) is 43.8 Å². The van der Waals surface area contributed by atoms with Crippen molar-refractivity contribution in [3.8, 4) is 0 Å². The second kappa shape index (κ2) is 5.81. The molecule has 0 radical (unpaired) electrons. The lowest BCUT2D eigenvalue weighted by Crippen LogP contribution is -2.32. The van der Waals surface area contributed by atoms with Crippen LogP contribution in [0.15, 0.2) is 27.8 Å². The molecular formula is C14H18N2O2S3. The van der Waals surface area contributed by atoms with E-state index in [-0.39, 0.29) is 6.04 Å². The zero-order valence-corrected chi connectivity index (χ0v) is 14.2. The van der Waals surface area contributed by atoms with Crippen LogP contribution in [-0.4, -0.2) is 18.8 Å². The molecule has 2 N–H and O–H groups in total. The maximum Gasteiger partial charge on any atom is 0.244 e. The van der Waals surface area contributed by atoms with Crippen molar-refractivity contribution < 1.29 is 8.42 Å². The van der Waals surface area contributed by atoms with Crippen LogP contribution in [0.3, 0.4) is 0 Å². The highest BCUT2D eigenvalue weighted by Crippen LogP contribution is 2.36. The van der Waals surface area contributed by atoms with Crippen molar-refractivity contribution in [3.63, 3.8) is 0 Å². The summed E-state index contributed by atoms with van der Waals surface area (Å²) in [5, 5.41) is 3.99. The van der Waals surface area contributed by atoms with Crippen molar-refractivity contribution >= 4 is 32.7 Å². The number of rotatable bonds is 6. The molecule has 0 aliphatic heterocycles. The molecule has 1 fully saturated rings. The number of nitrogens with two attached hydrogens (primary N) is 1. The van der Waals surface area contributed by atoms with Crippen LogP contribution in [0, 0.1) is 6.92 Å². The Balaban J connectivity index is 1.95. The Morgan fingerprint density at radius 3 is 2.71 bits per heavy atom. The fourth-order valence-electron chi connectivity index (χ4n) is 2.34. The van der Waals surface area contributed by atoms with Gasteiger partial charge in [-0.2, -0.15) is 15.6 Å². The highest BCUT2D eigenvalue weighted by molar-refractivity contribution is 7.89. The van der Waals surface area contributed by atoms with Crippen LogP contribution >= 0.6 is 22.7 Å². The fourth-order valence-corrected chi connectivity index (χ4v) is 6.16. The second-order valence-corrected chi connectivity index (χ2v) is 9.23. The molecule has 0 amide bonds. The molecule has 1 saturated carbocycles. The molecule has 114 valence electrons. The Morgan fingerprint density at radius 1 is 1.43 bits per heavy atom. The Hall–Kier alpha value is -0.730. The standard InChI is InChI=1S/C14H18N2O2S3/c1-10-14(6-13(7-15)20-10)21(17,18)16(12-2-3-12)8-11-4-5-19-9-11/h4-6,9,12H,2-3,7-8,15H2,1H3. The molecular weight excluding hydrogens is 324 g/mol. The molecule has 4 nitrogen and oxygen atoms in total. The van der Waals surface area contributed by atoms with Crippen LogP contribution in [0.2, 0.25) is 0 Å². The molecule has 2 aromatic rings. The van der Waals surface area contributed by atoms with Crippen molar-refractivity contribution in [1.29, 1.82) is 0 Å². The molecule has 0 saturated heterocycles. The van der Waals surface area contributed by atoms with Crippen LogP contribution in [-0.2, 0) is 23.1 Å². The van der Waals surface area contributed by atoms with E-state index in [9.17, 15) is 8.42 Å². The third kappa shape index (κ3) is 3.07. The normalized spacial score (nSPS) is 15.8. The number of aryl methyl sites for hydroxylation is 1. The molecule has 21 heavy (non-hydrogen) atoms. The van der Waals surface area contributed by atoms with Gasteiger partial charge in [-0.1, -0.05) is 0 Å². The largest absolute Gasteiger partial charge is 0.326 e. The van der Waals surface area contributed by atoms with E-state index in [0.717, 1.165) is 28.2 Å². The van der Waals surface area contributed by atoms with E-state index < -0.39 is 10.0 Å². The van der Waals surface area contributed by atoms with Crippen LogP contribution < -0.4 is 5.73 Å². The molecule has 0 spiro atoms. The zero-order chi connectivity index (χ0) is 15.0. The number of nitrogens with zero attached hydrogens (tertiary/aromatic N) is 1. The van der Waals surface area contributed by atoms with Gasteiger partial charge >= 0.3 is 0 Å². The van der Waals surface area contributed by atoms with E-state index in [1.165, 1.54) is 11.3 Å². The van der Waals surface area contributed by atoms with E-state index >= 15 is 0 Å². The maximum absolute atomic E-state index is 13.0. The molecule has 0 atom stereocenters. The molecule has 0 unspecified atom stereocenters. The van der Waals surface area contributed by atoms with Crippen LogP contribution in [0.1, 0.15) is 28.2 Å². The predicted octanol–water partition coefficient (Wildman–Crippen LogP) is 2.93. The van der Waals surface area contributed by atoms with E-state index in [4.69, 9.17) is 5.73 Å². The molecule has 3 rings (SSSR count). The first-order valence-corrected chi connectivity index (χ1v) is 10.0. The minimum absolute atomic E-state index is 0.149. The first-order valence-electron chi connectivity index (χ1n) is 6.84. The molecule has 7 heteroatoms. The highest BCUT2D eigenvalue weighted by atomic mass is 32.2. The van der Waals surface area contributed by atoms with Gasteiger partial charge in [0, 0.05) is 28.9 Å². The van der Waals surface area contributed by atoms with Gasteiger partial charge in [0.15, 0.2) is 0 Å². The fraction of sp³-hybridized carbons (Fsp3) is 0.429. The van der Waals surface area contributed by atoms with Crippen LogP contribution in [0.5, 0.6) is 0 Å². The first kappa shape index (κ1) is 15.2. The van der Waals surface area contributed by atoms with Gasteiger partial charge < -0.3 is 5.73 Å². The third-order valence-electron chi connectivity index (χ3n) is 3.58. The maximum atomic E-state index is 13.0. The lowest BCUT2D eigenvalue weighted by Gasteiger charge is -2.21. The monoisotopic (exact) mass is 342 g/mol. The summed E-state index contributed by atoms with van der Waals surface area (Å²) in [6, 6.07) is 3.87. The third-order valence-corrected chi connectivity index (χ3v) is 7.54. The molecule has 2 heterocycles. The van der Waals surface area contributed by atoms with Crippen LogP contribution in [0.4, 0.5) is 0 Å². The predicted molar refractivity (Wildman–Crippen MR) is 87.0 cm³/mol. The van der Waals surface area contributed by atoms with Gasteiger partial charge in [0.2, 0.25) is 10.0 Å². The summed E-state index contributed by atoms with van der Waals surface area (Å²) < 4.78 is 27.6. The highest BCUT2D eigenvalue weighted by Gasteiger charge is 2.39. The molecule has 0 aromatic carbocycles.